The van der Waals surface area contributed by atoms with Gasteiger partial charge in [-0.25, -0.2) is 4.79 Å². The lowest BCUT2D eigenvalue weighted by atomic mass is 9.90. The second kappa shape index (κ2) is 11.3. The van der Waals surface area contributed by atoms with E-state index >= 15 is 0 Å². The molecule has 196 valence electrons. The molecule has 0 spiro atoms. The van der Waals surface area contributed by atoms with Crippen LogP contribution >= 0.6 is 0 Å². The van der Waals surface area contributed by atoms with Crippen LogP contribution in [-0.2, 0) is 14.3 Å². The summed E-state index contributed by atoms with van der Waals surface area (Å²) in [6, 6.07) is 19.8. The lowest BCUT2D eigenvalue weighted by Gasteiger charge is -2.22. The minimum Gasteiger partial charge on any atom is -0.494 e. The molecule has 1 aliphatic rings. The Bertz CT molecular complexity index is 1400. The van der Waals surface area contributed by atoms with Gasteiger partial charge in [0.1, 0.15) is 11.7 Å². The number of rotatable bonds is 8. The molecule has 1 heterocycles. The first-order valence-corrected chi connectivity index (χ1v) is 12.0. The molecule has 0 radical (unpaired) electrons. The van der Waals surface area contributed by atoms with E-state index in [2.05, 4.69) is 5.32 Å². The van der Waals surface area contributed by atoms with Crippen molar-refractivity contribution in [3.8, 4) is 5.75 Å². The predicted molar refractivity (Wildman–Crippen MR) is 147 cm³/mol. The van der Waals surface area contributed by atoms with E-state index < -0.39 is 11.9 Å². The molecule has 1 N–H and O–H groups in total. The van der Waals surface area contributed by atoms with Gasteiger partial charge in [0.15, 0.2) is 0 Å². The zero-order valence-electron chi connectivity index (χ0n) is 22.0. The van der Waals surface area contributed by atoms with E-state index in [1.807, 2.05) is 44.4 Å². The highest BCUT2D eigenvalue weighted by molar-refractivity contribution is 6.24. The second-order valence-corrected chi connectivity index (χ2v) is 9.13. The predicted octanol–water partition coefficient (Wildman–Crippen LogP) is 3.86. The minimum absolute atomic E-state index is 0.0833. The maximum absolute atomic E-state index is 13.2. The quantitative estimate of drug-likeness (QED) is 0.362. The number of ether oxygens (including phenoxy) is 2. The monoisotopic (exact) mass is 514 g/mol. The summed E-state index contributed by atoms with van der Waals surface area (Å²) in [7, 11) is 8.21. The number of likely N-dealkylation sites (N-methyl/N-ethyl adjacent to an activating group) is 2. The number of carbonyl (C=O) groups excluding carboxylic acids is 3. The highest BCUT2D eigenvalue weighted by Crippen LogP contribution is 2.38. The maximum atomic E-state index is 13.2. The summed E-state index contributed by atoms with van der Waals surface area (Å²) in [6.07, 6.45) is 0. The van der Waals surface area contributed by atoms with Gasteiger partial charge in [-0.05, 0) is 49.5 Å². The van der Waals surface area contributed by atoms with Crippen LogP contribution in [0.5, 0.6) is 5.75 Å². The van der Waals surface area contributed by atoms with Crippen molar-refractivity contribution in [2.24, 2.45) is 4.99 Å². The smallest absolute Gasteiger partial charge is 0.337 e. The van der Waals surface area contributed by atoms with E-state index in [9.17, 15) is 14.4 Å². The molecule has 0 bridgehead atoms. The Labute approximate surface area is 221 Å². The Morgan fingerprint density at radius 3 is 2.34 bits per heavy atom. The summed E-state index contributed by atoms with van der Waals surface area (Å²) in [6.45, 7) is 0.256. The van der Waals surface area contributed by atoms with Gasteiger partial charge in [-0.15, -0.1) is 0 Å². The van der Waals surface area contributed by atoms with Crippen LogP contribution in [0.25, 0.3) is 0 Å². The average molecular weight is 515 g/mol. The van der Waals surface area contributed by atoms with Gasteiger partial charge in [0, 0.05) is 18.8 Å². The Morgan fingerprint density at radius 2 is 1.68 bits per heavy atom. The van der Waals surface area contributed by atoms with Crippen molar-refractivity contribution in [2.45, 2.75) is 5.92 Å². The molecule has 9 heteroatoms. The van der Waals surface area contributed by atoms with Crippen molar-refractivity contribution in [3.63, 3.8) is 0 Å². The molecule has 38 heavy (non-hydrogen) atoms. The highest BCUT2D eigenvalue weighted by atomic mass is 16.5. The number of hydrogen-bond donors (Lipinski definition) is 1. The number of aliphatic imine (C=N–C) groups is 1. The van der Waals surface area contributed by atoms with Crippen LogP contribution in [0.4, 0.5) is 17.1 Å². The minimum atomic E-state index is -0.700. The summed E-state index contributed by atoms with van der Waals surface area (Å²) >= 11 is 0. The van der Waals surface area contributed by atoms with Crippen LogP contribution in [0.3, 0.4) is 0 Å². The first kappa shape index (κ1) is 26.6. The van der Waals surface area contributed by atoms with Gasteiger partial charge < -0.3 is 24.6 Å². The SMILES string of the molecule is COC(=O)c1ccc2c(c1)NC(=O)C2C(=Nc1ccc(N(C)C(=O)CN(C)C)c(OC)c1)c1ccccc1. The second-order valence-electron chi connectivity index (χ2n) is 9.13. The van der Waals surface area contributed by atoms with E-state index in [4.69, 9.17) is 14.5 Å². The molecule has 9 nitrogen and oxygen atoms in total. The van der Waals surface area contributed by atoms with Gasteiger partial charge in [-0.2, -0.15) is 0 Å². The number of carbonyl (C=O) groups is 3. The van der Waals surface area contributed by atoms with E-state index in [1.54, 1.807) is 53.2 Å². The highest BCUT2D eigenvalue weighted by Gasteiger charge is 2.36. The van der Waals surface area contributed by atoms with Crippen LogP contribution in [0.1, 0.15) is 27.4 Å². The summed E-state index contributed by atoms with van der Waals surface area (Å²) < 4.78 is 10.4. The fraction of sp³-hybridized carbons (Fsp3) is 0.241. The Morgan fingerprint density at radius 1 is 0.947 bits per heavy atom. The number of hydrogen-bond acceptors (Lipinski definition) is 7. The Kier molecular flexibility index (Phi) is 7.87. The van der Waals surface area contributed by atoms with Gasteiger partial charge in [-0.3, -0.25) is 14.6 Å². The molecule has 3 aromatic rings. The number of anilines is 2. The number of esters is 1. The third kappa shape index (κ3) is 5.42. The fourth-order valence-electron chi connectivity index (χ4n) is 4.35. The largest absolute Gasteiger partial charge is 0.494 e. The number of benzene rings is 3. The lowest BCUT2D eigenvalue weighted by Crippen LogP contribution is -2.35. The van der Waals surface area contributed by atoms with Gasteiger partial charge in [0.25, 0.3) is 0 Å². The van der Waals surface area contributed by atoms with E-state index in [1.165, 1.54) is 14.2 Å². The Hall–Kier alpha value is -4.50. The van der Waals surface area contributed by atoms with Crippen molar-refractivity contribution in [1.29, 1.82) is 0 Å². The first-order chi connectivity index (χ1) is 18.2. The lowest BCUT2D eigenvalue weighted by molar-refractivity contribution is -0.119. The van der Waals surface area contributed by atoms with Crippen LogP contribution < -0.4 is 15.0 Å². The number of methoxy groups -OCH3 is 2. The van der Waals surface area contributed by atoms with E-state index in [0.29, 0.717) is 39.7 Å². The molecule has 1 unspecified atom stereocenters. The first-order valence-electron chi connectivity index (χ1n) is 12.0. The third-order valence-electron chi connectivity index (χ3n) is 6.25. The summed E-state index contributed by atoms with van der Waals surface area (Å²) in [4.78, 5) is 46.1. The Balaban J connectivity index is 1.78. The van der Waals surface area contributed by atoms with Gasteiger partial charge >= 0.3 is 5.97 Å². The van der Waals surface area contributed by atoms with Crippen LogP contribution in [-0.4, -0.2) is 70.3 Å². The zero-order chi connectivity index (χ0) is 27.4. The van der Waals surface area contributed by atoms with Crippen LogP contribution in [0.15, 0.2) is 71.7 Å². The molecular weight excluding hydrogens is 484 g/mol. The van der Waals surface area contributed by atoms with Crippen molar-refractivity contribution in [2.75, 3.05) is 52.1 Å². The van der Waals surface area contributed by atoms with Crippen molar-refractivity contribution in [1.82, 2.24) is 4.90 Å². The number of fused-ring (bicyclic) bond motifs is 1. The maximum Gasteiger partial charge on any atom is 0.337 e. The zero-order valence-corrected chi connectivity index (χ0v) is 22.0. The third-order valence-corrected chi connectivity index (χ3v) is 6.25. The molecule has 1 aliphatic heterocycles. The molecule has 0 fully saturated rings. The topological polar surface area (TPSA) is 101 Å². The van der Waals surface area contributed by atoms with E-state index in [-0.39, 0.29) is 18.4 Å². The molecule has 4 rings (SSSR count). The summed E-state index contributed by atoms with van der Waals surface area (Å²) in [5, 5.41) is 2.88. The molecule has 2 amide bonds. The van der Waals surface area contributed by atoms with Crippen molar-refractivity contribution >= 4 is 40.6 Å². The number of nitrogens with zero attached hydrogens (tertiary/aromatic N) is 3. The molecule has 3 aromatic carbocycles. The van der Waals surface area contributed by atoms with Crippen LogP contribution in [0, 0.1) is 0 Å². The molecular formula is C29H30N4O5. The van der Waals surface area contributed by atoms with Crippen molar-refractivity contribution < 1.29 is 23.9 Å². The fourth-order valence-corrected chi connectivity index (χ4v) is 4.35. The number of amides is 2. The van der Waals surface area contributed by atoms with E-state index in [0.717, 1.165) is 5.56 Å². The van der Waals surface area contributed by atoms with Crippen LogP contribution in [0.2, 0.25) is 0 Å². The molecule has 0 aliphatic carbocycles. The average Bonchev–Trinajstić information content (AvgIpc) is 3.25. The van der Waals surface area contributed by atoms with Gasteiger partial charge in [-0.1, -0.05) is 36.4 Å². The molecule has 0 saturated heterocycles. The summed E-state index contributed by atoms with van der Waals surface area (Å²) in [5.41, 5.74) is 4.09. The molecule has 0 saturated carbocycles. The normalized spacial score (nSPS) is 14.6. The molecule has 0 aromatic heterocycles. The molecule has 1 atom stereocenters. The summed E-state index contributed by atoms with van der Waals surface area (Å²) in [5.74, 6) is -1.03. The standard InChI is InChI=1S/C29H30N4O5/c1-32(2)17-25(34)33(3)23-14-12-20(16-24(23)37-4)30-27(18-9-7-6-8-10-18)26-21-13-11-19(29(36)38-5)15-22(21)31-28(26)35/h6-16,26H,17H2,1-5H3,(H,31,35). The number of nitrogens with one attached hydrogen (secondary N) is 1. The van der Waals surface area contributed by atoms with Gasteiger partial charge in [0.05, 0.1) is 43.4 Å². The van der Waals surface area contributed by atoms with Crippen molar-refractivity contribution in [3.05, 3.63) is 83.4 Å². The van der Waals surface area contributed by atoms with Gasteiger partial charge in [0.2, 0.25) is 11.8 Å².